The van der Waals surface area contributed by atoms with Crippen molar-refractivity contribution in [3.63, 3.8) is 0 Å². The highest BCUT2D eigenvalue weighted by Gasteiger charge is 2.17. The first kappa shape index (κ1) is 25.5. The molecule has 0 aliphatic rings. The van der Waals surface area contributed by atoms with Crippen LogP contribution in [0.4, 0.5) is 10.8 Å². The zero-order valence-corrected chi connectivity index (χ0v) is 21.0. The van der Waals surface area contributed by atoms with Gasteiger partial charge in [0.15, 0.2) is 11.7 Å². The summed E-state index contributed by atoms with van der Waals surface area (Å²) in [5.74, 6) is 0.490. The molecule has 182 valence electrons. The second-order valence-electron chi connectivity index (χ2n) is 7.44. The Labute approximate surface area is 203 Å². The van der Waals surface area contributed by atoms with Gasteiger partial charge in [0.1, 0.15) is 11.5 Å². The van der Waals surface area contributed by atoms with Gasteiger partial charge in [-0.15, -0.1) is 11.3 Å². The molecular formula is C23H28N4O5S2. The van der Waals surface area contributed by atoms with E-state index in [9.17, 15) is 13.2 Å². The molecule has 0 aliphatic heterocycles. The lowest BCUT2D eigenvalue weighted by molar-refractivity contribution is -0.118. The van der Waals surface area contributed by atoms with Crippen LogP contribution < -0.4 is 24.8 Å². The molecule has 1 heterocycles. The highest BCUT2D eigenvalue weighted by molar-refractivity contribution is 7.89. The summed E-state index contributed by atoms with van der Waals surface area (Å²) in [6.45, 7) is 3.44. The molecule has 34 heavy (non-hydrogen) atoms. The van der Waals surface area contributed by atoms with Crippen molar-refractivity contribution in [2.24, 2.45) is 0 Å². The number of amides is 1. The van der Waals surface area contributed by atoms with E-state index in [1.165, 1.54) is 42.7 Å². The van der Waals surface area contributed by atoms with Gasteiger partial charge in [0.25, 0.3) is 5.91 Å². The van der Waals surface area contributed by atoms with Gasteiger partial charge in [-0.3, -0.25) is 4.79 Å². The van der Waals surface area contributed by atoms with E-state index in [-0.39, 0.29) is 23.5 Å². The average Bonchev–Trinajstić information content (AvgIpc) is 3.32. The summed E-state index contributed by atoms with van der Waals surface area (Å²) in [6.07, 6.45) is 0.685. The standard InChI is InChI=1S/C23H28N4O5S2/c1-5-15(2)27-34(29,30)18-9-7-17(8-10-18)32-13-22(28)25-19-12-16(6-11-21(19)31-4)20-14-33-23(24-3)26-20/h6-12,14-15,27H,5,13H2,1-4H3,(H,24,26)(H,25,28)/t15-/m0/s1. The molecular weight excluding hydrogens is 476 g/mol. The van der Waals surface area contributed by atoms with Crippen LogP contribution in [0.15, 0.2) is 52.7 Å². The van der Waals surface area contributed by atoms with Gasteiger partial charge in [0.2, 0.25) is 10.0 Å². The van der Waals surface area contributed by atoms with Gasteiger partial charge in [-0.2, -0.15) is 0 Å². The quantitative estimate of drug-likeness (QED) is 0.362. The molecule has 0 fully saturated rings. The first-order valence-electron chi connectivity index (χ1n) is 10.6. The van der Waals surface area contributed by atoms with Crippen molar-refractivity contribution < 1.29 is 22.7 Å². The molecule has 0 spiro atoms. The third-order valence-corrected chi connectivity index (χ3v) is 7.43. The van der Waals surface area contributed by atoms with Crippen LogP contribution in [0.1, 0.15) is 20.3 Å². The second-order valence-corrected chi connectivity index (χ2v) is 10.0. The number of hydrogen-bond donors (Lipinski definition) is 3. The van der Waals surface area contributed by atoms with E-state index >= 15 is 0 Å². The number of carbonyl (C=O) groups excluding carboxylic acids is 1. The Morgan fingerprint density at radius 2 is 1.91 bits per heavy atom. The SMILES string of the molecule is CC[C@H](C)NS(=O)(=O)c1ccc(OCC(=O)Nc2cc(-c3csc(NC)n3)ccc2OC)cc1. The Kier molecular flexibility index (Phi) is 8.48. The number of nitrogens with zero attached hydrogens (tertiary/aromatic N) is 1. The minimum atomic E-state index is -3.60. The van der Waals surface area contributed by atoms with Crippen molar-refractivity contribution in [2.75, 3.05) is 31.4 Å². The summed E-state index contributed by atoms with van der Waals surface area (Å²) in [6, 6.07) is 11.2. The molecule has 3 rings (SSSR count). The van der Waals surface area contributed by atoms with Gasteiger partial charge >= 0.3 is 0 Å². The number of methoxy groups -OCH3 is 1. The predicted molar refractivity (Wildman–Crippen MR) is 134 cm³/mol. The summed E-state index contributed by atoms with van der Waals surface area (Å²) in [5, 5.41) is 8.50. The predicted octanol–water partition coefficient (Wildman–Crippen LogP) is 3.95. The van der Waals surface area contributed by atoms with E-state index in [1.807, 2.05) is 18.4 Å². The number of rotatable bonds is 11. The zero-order chi connectivity index (χ0) is 24.7. The number of thiazole rings is 1. The normalized spacial score (nSPS) is 12.1. The van der Waals surface area contributed by atoms with Crippen LogP contribution in [0, 0.1) is 0 Å². The summed E-state index contributed by atoms with van der Waals surface area (Å²) in [5.41, 5.74) is 2.10. The largest absolute Gasteiger partial charge is 0.495 e. The fraction of sp³-hybridized carbons (Fsp3) is 0.304. The number of ether oxygens (including phenoxy) is 2. The highest BCUT2D eigenvalue weighted by Crippen LogP contribution is 2.32. The lowest BCUT2D eigenvalue weighted by Crippen LogP contribution is -2.31. The number of benzene rings is 2. The van der Waals surface area contributed by atoms with Crippen molar-refractivity contribution in [3.05, 3.63) is 47.8 Å². The van der Waals surface area contributed by atoms with Crippen LogP contribution in [0.2, 0.25) is 0 Å². The molecule has 0 saturated carbocycles. The molecule has 0 saturated heterocycles. The van der Waals surface area contributed by atoms with Gasteiger partial charge < -0.3 is 20.1 Å². The molecule has 0 unspecified atom stereocenters. The molecule has 11 heteroatoms. The van der Waals surface area contributed by atoms with Crippen molar-refractivity contribution in [1.29, 1.82) is 0 Å². The molecule has 1 atom stereocenters. The van der Waals surface area contributed by atoms with E-state index in [0.29, 0.717) is 23.6 Å². The van der Waals surface area contributed by atoms with Gasteiger partial charge in [-0.25, -0.2) is 18.1 Å². The average molecular weight is 505 g/mol. The zero-order valence-electron chi connectivity index (χ0n) is 19.4. The molecule has 0 aliphatic carbocycles. The first-order valence-corrected chi connectivity index (χ1v) is 13.0. The van der Waals surface area contributed by atoms with Crippen LogP contribution >= 0.6 is 11.3 Å². The topological polar surface area (TPSA) is 119 Å². The smallest absolute Gasteiger partial charge is 0.262 e. The van der Waals surface area contributed by atoms with Crippen molar-refractivity contribution in [1.82, 2.24) is 9.71 Å². The molecule has 9 nitrogen and oxygen atoms in total. The van der Waals surface area contributed by atoms with E-state index in [1.54, 1.807) is 26.1 Å². The lowest BCUT2D eigenvalue weighted by Gasteiger charge is -2.13. The summed E-state index contributed by atoms with van der Waals surface area (Å²) in [4.78, 5) is 17.1. The third-order valence-electron chi connectivity index (χ3n) is 4.96. The fourth-order valence-corrected chi connectivity index (χ4v) is 4.96. The Morgan fingerprint density at radius 3 is 2.53 bits per heavy atom. The number of anilines is 2. The molecule has 3 aromatic rings. The third kappa shape index (κ3) is 6.46. The maximum Gasteiger partial charge on any atom is 0.262 e. The van der Waals surface area contributed by atoms with Crippen LogP contribution in [0.25, 0.3) is 11.3 Å². The minimum Gasteiger partial charge on any atom is -0.495 e. The fourth-order valence-electron chi connectivity index (χ4n) is 2.95. The molecule has 2 aromatic carbocycles. The van der Waals surface area contributed by atoms with Gasteiger partial charge in [0, 0.05) is 24.0 Å². The summed E-state index contributed by atoms with van der Waals surface area (Å²) >= 11 is 1.48. The highest BCUT2D eigenvalue weighted by atomic mass is 32.2. The van der Waals surface area contributed by atoms with Crippen LogP contribution in [-0.4, -0.2) is 46.1 Å². The number of nitrogens with one attached hydrogen (secondary N) is 3. The van der Waals surface area contributed by atoms with E-state index in [2.05, 4.69) is 20.3 Å². The number of carbonyl (C=O) groups is 1. The maximum absolute atomic E-state index is 12.5. The second kappa shape index (κ2) is 11.3. The Morgan fingerprint density at radius 1 is 1.18 bits per heavy atom. The first-order chi connectivity index (χ1) is 16.2. The monoisotopic (exact) mass is 504 g/mol. The molecule has 1 amide bonds. The Hall–Kier alpha value is -3.15. The molecule has 0 bridgehead atoms. The van der Waals surface area contributed by atoms with Gasteiger partial charge in [-0.05, 0) is 55.8 Å². The Bertz CT molecular complexity index is 1230. The Balaban J connectivity index is 1.64. The van der Waals surface area contributed by atoms with Crippen LogP contribution in [0.3, 0.4) is 0 Å². The van der Waals surface area contributed by atoms with Gasteiger partial charge in [-0.1, -0.05) is 6.92 Å². The number of aromatic nitrogens is 1. The van der Waals surface area contributed by atoms with Crippen LogP contribution in [-0.2, 0) is 14.8 Å². The lowest BCUT2D eigenvalue weighted by atomic mass is 10.1. The van der Waals surface area contributed by atoms with E-state index < -0.39 is 10.0 Å². The minimum absolute atomic E-state index is 0.134. The molecule has 1 aromatic heterocycles. The van der Waals surface area contributed by atoms with Crippen molar-refractivity contribution in [2.45, 2.75) is 31.2 Å². The maximum atomic E-state index is 12.5. The summed E-state index contributed by atoms with van der Waals surface area (Å²) < 4.78 is 38.2. The van der Waals surface area contributed by atoms with E-state index in [4.69, 9.17) is 9.47 Å². The number of sulfonamides is 1. The van der Waals surface area contributed by atoms with Gasteiger partial charge in [0.05, 0.1) is 23.4 Å². The number of hydrogen-bond acceptors (Lipinski definition) is 8. The summed E-state index contributed by atoms with van der Waals surface area (Å²) in [7, 11) is -0.276. The van der Waals surface area contributed by atoms with Crippen molar-refractivity contribution >= 4 is 38.1 Å². The van der Waals surface area contributed by atoms with Crippen molar-refractivity contribution in [3.8, 4) is 22.8 Å². The molecule has 0 radical (unpaired) electrons. The van der Waals surface area contributed by atoms with Crippen LogP contribution in [0.5, 0.6) is 11.5 Å². The van der Waals surface area contributed by atoms with E-state index in [0.717, 1.165) is 16.4 Å². The molecule has 3 N–H and O–H groups in total.